The summed E-state index contributed by atoms with van der Waals surface area (Å²) in [5.74, 6) is 6.21. The number of benzene rings is 1. The van der Waals surface area contributed by atoms with Gasteiger partial charge in [0.2, 0.25) is 0 Å². The maximum atomic E-state index is 5.61. The summed E-state index contributed by atoms with van der Waals surface area (Å²) in [7, 11) is 0. The van der Waals surface area contributed by atoms with E-state index in [1.165, 1.54) is 11.3 Å². The maximum Gasteiger partial charge on any atom is 0.197 e. The Kier molecular flexibility index (Phi) is 4.55. The number of hydrogen-bond donors (Lipinski definition) is 2. The first kappa shape index (κ1) is 12.9. The van der Waals surface area contributed by atoms with E-state index in [9.17, 15) is 0 Å². The number of hydrogen-bond acceptors (Lipinski definition) is 5. The second-order valence-electron chi connectivity index (χ2n) is 3.91. The molecule has 3 N–H and O–H groups in total. The van der Waals surface area contributed by atoms with E-state index in [1.807, 2.05) is 29.6 Å². The van der Waals surface area contributed by atoms with Crippen LogP contribution in [0.4, 0.5) is 5.13 Å². The van der Waals surface area contributed by atoms with Crippen molar-refractivity contribution in [3.8, 4) is 17.0 Å². The van der Waals surface area contributed by atoms with Crippen LogP contribution in [-0.4, -0.2) is 11.6 Å². The molecule has 0 saturated heterocycles. The average Bonchev–Trinajstić information content (AvgIpc) is 2.89. The van der Waals surface area contributed by atoms with Crippen molar-refractivity contribution >= 4 is 16.5 Å². The van der Waals surface area contributed by atoms with Crippen LogP contribution in [0, 0.1) is 0 Å². The van der Waals surface area contributed by atoms with E-state index in [0.29, 0.717) is 5.13 Å². The molecule has 0 fully saturated rings. The van der Waals surface area contributed by atoms with Crippen LogP contribution in [0.2, 0.25) is 0 Å². The lowest BCUT2D eigenvalue weighted by atomic mass is 10.2. The molecule has 0 aliphatic carbocycles. The first-order valence-electron chi connectivity index (χ1n) is 5.99. The molecule has 1 aromatic heterocycles. The van der Waals surface area contributed by atoms with Crippen molar-refractivity contribution in [2.45, 2.75) is 19.8 Å². The number of anilines is 1. The lowest BCUT2D eigenvalue weighted by molar-refractivity contribution is 0.309. The van der Waals surface area contributed by atoms with E-state index in [4.69, 9.17) is 10.6 Å². The van der Waals surface area contributed by atoms with Gasteiger partial charge in [-0.25, -0.2) is 10.8 Å². The number of thiazole rings is 1. The van der Waals surface area contributed by atoms with Crippen LogP contribution in [0.3, 0.4) is 0 Å². The molecule has 0 amide bonds. The topological polar surface area (TPSA) is 60.2 Å². The molecule has 0 aliphatic heterocycles. The number of ether oxygens (including phenoxy) is 1. The Morgan fingerprint density at radius 1 is 1.33 bits per heavy atom. The summed E-state index contributed by atoms with van der Waals surface area (Å²) in [4.78, 5) is 4.35. The molecule has 0 spiro atoms. The predicted octanol–water partition coefficient (Wildman–Crippen LogP) is 3.27. The van der Waals surface area contributed by atoms with Crippen LogP contribution in [-0.2, 0) is 0 Å². The molecule has 0 aliphatic rings. The van der Waals surface area contributed by atoms with Gasteiger partial charge < -0.3 is 4.74 Å². The van der Waals surface area contributed by atoms with E-state index in [-0.39, 0.29) is 0 Å². The highest BCUT2D eigenvalue weighted by molar-refractivity contribution is 7.14. The van der Waals surface area contributed by atoms with Gasteiger partial charge in [0.25, 0.3) is 0 Å². The van der Waals surface area contributed by atoms with Gasteiger partial charge in [0.1, 0.15) is 5.75 Å². The molecule has 0 unspecified atom stereocenters. The van der Waals surface area contributed by atoms with Gasteiger partial charge in [-0.15, -0.1) is 11.3 Å². The van der Waals surface area contributed by atoms with Gasteiger partial charge in [0.05, 0.1) is 12.3 Å². The number of rotatable bonds is 6. The number of aromatic nitrogens is 1. The van der Waals surface area contributed by atoms with Crippen LogP contribution in [0.15, 0.2) is 29.6 Å². The zero-order chi connectivity index (χ0) is 12.8. The summed E-state index contributed by atoms with van der Waals surface area (Å²) < 4.78 is 5.61. The fourth-order valence-electron chi connectivity index (χ4n) is 1.53. The number of nitrogens with two attached hydrogens (primary N) is 1. The predicted molar refractivity (Wildman–Crippen MR) is 75.8 cm³/mol. The molecule has 0 saturated carbocycles. The molecule has 2 aromatic rings. The summed E-state index contributed by atoms with van der Waals surface area (Å²) in [6.45, 7) is 2.92. The molecule has 0 bridgehead atoms. The highest BCUT2D eigenvalue weighted by atomic mass is 32.1. The van der Waals surface area contributed by atoms with Crippen molar-refractivity contribution in [1.29, 1.82) is 0 Å². The standard InChI is InChI=1S/C13H17N3OS/c1-2-3-8-17-11-6-4-10(5-7-11)12-9-18-13(15-12)16-14/h4-7,9H,2-3,8,14H2,1H3,(H,15,16). The number of nitrogens with one attached hydrogen (secondary N) is 1. The van der Waals surface area contributed by atoms with E-state index in [2.05, 4.69) is 17.3 Å². The fraction of sp³-hybridized carbons (Fsp3) is 0.308. The van der Waals surface area contributed by atoms with Crippen LogP contribution >= 0.6 is 11.3 Å². The highest BCUT2D eigenvalue weighted by Crippen LogP contribution is 2.25. The fourth-order valence-corrected chi connectivity index (χ4v) is 2.16. The van der Waals surface area contributed by atoms with Crippen molar-refractivity contribution in [2.75, 3.05) is 12.0 Å². The van der Waals surface area contributed by atoms with Crippen molar-refractivity contribution in [3.63, 3.8) is 0 Å². The molecule has 18 heavy (non-hydrogen) atoms. The third kappa shape index (κ3) is 3.21. The van der Waals surface area contributed by atoms with E-state index in [0.717, 1.165) is 36.5 Å². The molecular formula is C13H17N3OS. The van der Waals surface area contributed by atoms with Crippen molar-refractivity contribution < 1.29 is 4.74 Å². The number of nitrogens with zero attached hydrogens (tertiary/aromatic N) is 1. The largest absolute Gasteiger partial charge is 0.494 e. The van der Waals surface area contributed by atoms with Gasteiger partial charge in [-0.1, -0.05) is 13.3 Å². The first-order valence-corrected chi connectivity index (χ1v) is 6.87. The van der Waals surface area contributed by atoms with Gasteiger partial charge in [0.15, 0.2) is 5.13 Å². The summed E-state index contributed by atoms with van der Waals surface area (Å²) in [5.41, 5.74) is 4.54. The van der Waals surface area contributed by atoms with Crippen LogP contribution in [0.25, 0.3) is 11.3 Å². The number of unbranched alkanes of at least 4 members (excludes halogenated alkanes) is 1. The van der Waals surface area contributed by atoms with E-state index in [1.54, 1.807) is 0 Å². The molecule has 2 rings (SSSR count). The van der Waals surface area contributed by atoms with Crippen LogP contribution < -0.4 is 16.0 Å². The lowest BCUT2D eigenvalue weighted by Gasteiger charge is -2.05. The maximum absolute atomic E-state index is 5.61. The monoisotopic (exact) mass is 263 g/mol. The Bertz CT molecular complexity index is 481. The Morgan fingerprint density at radius 3 is 2.72 bits per heavy atom. The zero-order valence-electron chi connectivity index (χ0n) is 10.3. The van der Waals surface area contributed by atoms with Crippen LogP contribution in [0.1, 0.15) is 19.8 Å². The SMILES string of the molecule is CCCCOc1ccc(-c2csc(NN)n2)cc1. The summed E-state index contributed by atoms with van der Waals surface area (Å²) in [6, 6.07) is 7.97. The zero-order valence-corrected chi connectivity index (χ0v) is 11.2. The summed E-state index contributed by atoms with van der Waals surface area (Å²) >= 11 is 1.49. The third-order valence-electron chi connectivity index (χ3n) is 2.54. The van der Waals surface area contributed by atoms with Gasteiger partial charge >= 0.3 is 0 Å². The molecule has 0 radical (unpaired) electrons. The molecule has 5 heteroatoms. The van der Waals surface area contributed by atoms with Crippen molar-refractivity contribution in [2.24, 2.45) is 5.84 Å². The van der Waals surface area contributed by atoms with Crippen molar-refractivity contribution in [3.05, 3.63) is 29.6 Å². The molecule has 0 atom stereocenters. The smallest absolute Gasteiger partial charge is 0.197 e. The quantitative estimate of drug-likeness (QED) is 0.477. The number of hydrazine groups is 1. The molecule has 1 heterocycles. The molecular weight excluding hydrogens is 246 g/mol. The normalized spacial score (nSPS) is 10.3. The minimum Gasteiger partial charge on any atom is -0.494 e. The van der Waals surface area contributed by atoms with Crippen LogP contribution in [0.5, 0.6) is 5.75 Å². The molecule has 96 valence electrons. The Labute approximate surface area is 111 Å². The van der Waals surface area contributed by atoms with Gasteiger partial charge in [-0.05, 0) is 30.7 Å². The second kappa shape index (κ2) is 6.37. The average molecular weight is 263 g/mol. The summed E-state index contributed by atoms with van der Waals surface area (Å²) in [6.07, 6.45) is 2.23. The van der Waals surface area contributed by atoms with Crippen molar-refractivity contribution in [1.82, 2.24) is 4.98 Å². The third-order valence-corrected chi connectivity index (χ3v) is 3.32. The van der Waals surface area contributed by atoms with Gasteiger partial charge in [-0.2, -0.15) is 0 Å². The molecule has 4 nitrogen and oxygen atoms in total. The minimum absolute atomic E-state index is 0.716. The second-order valence-corrected chi connectivity index (χ2v) is 4.77. The highest BCUT2D eigenvalue weighted by Gasteiger charge is 2.03. The summed E-state index contributed by atoms with van der Waals surface area (Å²) in [5, 5.41) is 2.69. The van der Waals surface area contributed by atoms with E-state index >= 15 is 0 Å². The first-order chi connectivity index (χ1) is 8.83. The lowest BCUT2D eigenvalue weighted by Crippen LogP contribution is -2.05. The Morgan fingerprint density at radius 2 is 2.11 bits per heavy atom. The Balaban J connectivity index is 2.02. The molecule has 1 aromatic carbocycles. The Hall–Kier alpha value is -1.59. The minimum atomic E-state index is 0.716. The van der Waals surface area contributed by atoms with E-state index < -0.39 is 0 Å². The van der Waals surface area contributed by atoms with Gasteiger partial charge in [-0.3, -0.25) is 5.43 Å². The number of nitrogen functional groups attached to an aromatic ring is 1. The van der Waals surface area contributed by atoms with Gasteiger partial charge in [0, 0.05) is 10.9 Å².